The first kappa shape index (κ1) is 19.5. The third kappa shape index (κ3) is 5.09. The van der Waals surface area contributed by atoms with Crippen LogP contribution in [0.2, 0.25) is 10.0 Å². The van der Waals surface area contributed by atoms with E-state index < -0.39 is 6.04 Å². The van der Waals surface area contributed by atoms with Gasteiger partial charge in [-0.05, 0) is 37.5 Å². The molecule has 0 saturated carbocycles. The van der Waals surface area contributed by atoms with Gasteiger partial charge in [0.2, 0.25) is 5.91 Å². The van der Waals surface area contributed by atoms with Gasteiger partial charge in [0.1, 0.15) is 6.04 Å². The molecule has 25 heavy (non-hydrogen) atoms. The summed E-state index contributed by atoms with van der Waals surface area (Å²) >= 11 is 12.0. The van der Waals surface area contributed by atoms with Crippen molar-refractivity contribution in [2.75, 3.05) is 20.2 Å². The van der Waals surface area contributed by atoms with Crippen LogP contribution in [-0.2, 0) is 14.3 Å². The second kappa shape index (κ2) is 9.06. The van der Waals surface area contributed by atoms with E-state index in [2.05, 4.69) is 10.1 Å². The molecule has 1 aromatic rings. The summed E-state index contributed by atoms with van der Waals surface area (Å²) in [5.41, 5.74) is 0.291. The first-order valence-electron chi connectivity index (χ1n) is 8.04. The van der Waals surface area contributed by atoms with Gasteiger partial charge in [-0.15, -0.1) is 0 Å². The molecule has 2 amide bonds. The lowest BCUT2D eigenvalue weighted by Gasteiger charge is -2.24. The van der Waals surface area contributed by atoms with Gasteiger partial charge in [-0.3, -0.25) is 14.4 Å². The maximum Gasteiger partial charge on any atom is 0.305 e. The highest BCUT2D eigenvalue weighted by atomic mass is 35.5. The van der Waals surface area contributed by atoms with Crippen LogP contribution in [-0.4, -0.2) is 48.9 Å². The van der Waals surface area contributed by atoms with E-state index in [9.17, 15) is 14.4 Å². The van der Waals surface area contributed by atoms with E-state index >= 15 is 0 Å². The number of esters is 1. The van der Waals surface area contributed by atoms with Gasteiger partial charge < -0.3 is 15.0 Å². The Labute approximate surface area is 156 Å². The maximum atomic E-state index is 12.7. The largest absolute Gasteiger partial charge is 0.469 e. The molecule has 1 aliphatic rings. The van der Waals surface area contributed by atoms with Gasteiger partial charge in [-0.25, -0.2) is 0 Å². The summed E-state index contributed by atoms with van der Waals surface area (Å²) in [6.45, 7) is 0.840. The number of hydrogen-bond donors (Lipinski definition) is 1. The van der Waals surface area contributed by atoms with Crippen LogP contribution in [0.4, 0.5) is 0 Å². The first-order valence-corrected chi connectivity index (χ1v) is 8.80. The SMILES string of the molecule is COC(=O)CCCNC(=O)C1CCCN1C(=O)c1cc(Cl)ccc1Cl. The van der Waals surface area contributed by atoms with Crippen LogP contribution in [0.15, 0.2) is 18.2 Å². The van der Waals surface area contributed by atoms with Crippen molar-refractivity contribution in [1.82, 2.24) is 10.2 Å². The number of rotatable bonds is 6. The number of nitrogens with zero attached hydrogens (tertiary/aromatic N) is 1. The summed E-state index contributed by atoms with van der Waals surface area (Å²) < 4.78 is 4.55. The average molecular weight is 387 g/mol. The number of ether oxygens (including phenoxy) is 1. The Morgan fingerprint density at radius 3 is 2.80 bits per heavy atom. The molecule has 8 heteroatoms. The molecule has 1 saturated heterocycles. The van der Waals surface area contributed by atoms with E-state index in [4.69, 9.17) is 23.2 Å². The molecular formula is C17H20Cl2N2O4. The van der Waals surface area contributed by atoms with Crippen molar-refractivity contribution in [3.8, 4) is 0 Å². The Balaban J connectivity index is 1.97. The minimum Gasteiger partial charge on any atom is -0.469 e. The molecule has 1 fully saturated rings. The van der Waals surface area contributed by atoms with Crippen LogP contribution in [0.1, 0.15) is 36.0 Å². The lowest BCUT2D eigenvalue weighted by Crippen LogP contribution is -2.46. The van der Waals surface area contributed by atoms with Crippen molar-refractivity contribution in [1.29, 1.82) is 0 Å². The minimum atomic E-state index is -0.541. The molecule has 1 aliphatic heterocycles. The van der Waals surface area contributed by atoms with Gasteiger partial charge in [0, 0.05) is 24.5 Å². The summed E-state index contributed by atoms with van der Waals surface area (Å²) in [6, 6.07) is 4.14. The molecule has 0 aromatic heterocycles. The molecule has 1 aromatic carbocycles. The van der Waals surface area contributed by atoms with Crippen molar-refractivity contribution in [3.63, 3.8) is 0 Å². The Bertz CT molecular complexity index is 666. The molecule has 1 unspecified atom stereocenters. The molecule has 6 nitrogen and oxygen atoms in total. The topological polar surface area (TPSA) is 75.7 Å². The van der Waals surface area contributed by atoms with Crippen molar-refractivity contribution in [3.05, 3.63) is 33.8 Å². The molecule has 0 bridgehead atoms. The second-order valence-corrected chi connectivity index (χ2v) is 6.60. The summed E-state index contributed by atoms with van der Waals surface area (Å²) in [5, 5.41) is 3.48. The van der Waals surface area contributed by atoms with Crippen LogP contribution in [0.25, 0.3) is 0 Å². The van der Waals surface area contributed by atoms with E-state index in [-0.39, 0.29) is 24.2 Å². The minimum absolute atomic E-state index is 0.228. The maximum absolute atomic E-state index is 12.7. The van der Waals surface area contributed by atoms with Gasteiger partial charge in [0.15, 0.2) is 0 Å². The number of carbonyl (C=O) groups is 3. The predicted molar refractivity (Wildman–Crippen MR) is 94.8 cm³/mol. The van der Waals surface area contributed by atoms with Crippen LogP contribution in [0, 0.1) is 0 Å². The summed E-state index contributed by atoms with van der Waals surface area (Å²) in [6.07, 6.45) is 2.05. The third-order valence-corrected chi connectivity index (χ3v) is 4.62. The molecule has 136 valence electrons. The van der Waals surface area contributed by atoms with Crippen molar-refractivity contribution in [2.45, 2.75) is 31.7 Å². The van der Waals surface area contributed by atoms with Crippen LogP contribution < -0.4 is 5.32 Å². The number of likely N-dealkylation sites (tertiary alicyclic amines) is 1. The zero-order valence-corrected chi connectivity index (χ0v) is 15.4. The molecule has 1 N–H and O–H groups in total. The number of methoxy groups -OCH3 is 1. The summed E-state index contributed by atoms with van der Waals surface area (Å²) in [4.78, 5) is 37.7. The second-order valence-electron chi connectivity index (χ2n) is 5.75. The number of hydrogen-bond acceptors (Lipinski definition) is 4. The number of nitrogens with one attached hydrogen (secondary N) is 1. The van der Waals surface area contributed by atoms with Gasteiger partial charge in [0.25, 0.3) is 5.91 Å². The van der Waals surface area contributed by atoms with Gasteiger partial charge in [-0.2, -0.15) is 0 Å². The normalized spacial score (nSPS) is 16.6. The van der Waals surface area contributed by atoms with Crippen molar-refractivity contribution in [2.24, 2.45) is 0 Å². The highest BCUT2D eigenvalue weighted by molar-refractivity contribution is 6.35. The first-order chi connectivity index (χ1) is 11.9. The van der Waals surface area contributed by atoms with Gasteiger partial charge in [0.05, 0.1) is 17.7 Å². The van der Waals surface area contributed by atoms with Crippen LogP contribution >= 0.6 is 23.2 Å². The molecule has 2 rings (SSSR count). The Morgan fingerprint density at radius 2 is 2.08 bits per heavy atom. The molecular weight excluding hydrogens is 367 g/mol. The molecule has 0 spiro atoms. The Kier molecular flexibility index (Phi) is 7.08. The van der Waals surface area contributed by atoms with Crippen molar-refractivity contribution < 1.29 is 19.1 Å². The Hall–Kier alpha value is -1.79. The van der Waals surface area contributed by atoms with E-state index in [1.54, 1.807) is 12.1 Å². The van der Waals surface area contributed by atoms with E-state index in [0.29, 0.717) is 41.5 Å². The number of benzene rings is 1. The molecule has 0 aliphatic carbocycles. The average Bonchev–Trinajstić information content (AvgIpc) is 3.09. The van der Waals surface area contributed by atoms with E-state index in [1.165, 1.54) is 18.1 Å². The van der Waals surface area contributed by atoms with Crippen molar-refractivity contribution >= 4 is 41.0 Å². The highest BCUT2D eigenvalue weighted by Crippen LogP contribution is 2.26. The Morgan fingerprint density at radius 1 is 1.32 bits per heavy atom. The fourth-order valence-corrected chi connectivity index (χ4v) is 3.13. The van der Waals surface area contributed by atoms with E-state index in [1.807, 2.05) is 0 Å². The predicted octanol–water partition coefficient (Wildman–Crippen LogP) is 2.67. The highest BCUT2D eigenvalue weighted by Gasteiger charge is 2.35. The third-order valence-electron chi connectivity index (χ3n) is 4.06. The standard InChI is InChI=1S/C17H20Cl2N2O4/c1-25-15(22)5-2-8-20-16(23)14-4-3-9-21(14)17(24)12-10-11(18)6-7-13(12)19/h6-7,10,14H,2-5,8-9H2,1H3,(H,20,23). The monoisotopic (exact) mass is 386 g/mol. The zero-order valence-electron chi connectivity index (χ0n) is 13.9. The number of halogens is 2. The molecule has 0 radical (unpaired) electrons. The fourth-order valence-electron chi connectivity index (χ4n) is 2.76. The lowest BCUT2D eigenvalue weighted by molar-refractivity contribution is -0.140. The summed E-state index contributed by atoms with van der Waals surface area (Å²) in [5.74, 6) is -0.851. The number of amides is 2. The van der Waals surface area contributed by atoms with Crippen LogP contribution in [0.5, 0.6) is 0 Å². The molecule has 1 atom stereocenters. The molecule has 1 heterocycles. The quantitative estimate of drug-likeness (QED) is 0.602. The fraction of sp³-hybridized carbons (Fsp3) is 0.471. The zero-order chi connectivity index (χ0) is 18.4. The number of carbonyl (C=O) groups excluding carboxylic acids is 3. The van der Waals surface area contributed by atoms with Gasteiger partial charge in [-0.1, -0.05) is 23.2 Å². The van der Waals surface area contributed by atoms with Crippen LogP contribution in [0.3, 0.4) is 0 Å². The van der Waals surface area contributed by atoms with Gasteiger partial charge >= 0.3 is 5.97 Å². The smallest absolute Gasteiger partial charge is 0.305 e. The summed E-state index contributed by atoms with van der Waals surface area (Å²) in [7, 11) is 1.32. The van der Waals surface area contributed by atoms with E-state index in [0.717, 1.165) is 6.42 Å². The lowest BCUT2D eigenvalue weighted by atomic mass is 10.1.